The average Bonchev–Trinajstić information content (AvgIpc) is 0.793. The second-order valence-corrected chi connectivity index (χ2v) is 32.3. The summed E-state index contributed by atoms with van der Waals surface area (Å²) in [5, 5.41) is 93.5. The van der Waals surface area contributed by atoms with Crippen molar-refractivity contribution in [2.45, 2.75) is 157 Å². The molecule has 692 valence electrons. The smallest absolute Gasteiger partial charge is 0.393 e. The number of likely N-dealkylation sites (tertiary alicyclic amines) is 4. The fourth-order valence-corrected chi connectivity index (χ4v) is 14.7. The molecule has 4 aromatic heterocycles. The first-order valence-corrected chi connectivity index (χ1v) is 40.2. The second kappa shape index (κ2) is 42.0. The normalized spacial score (nSPS) is 17.3. The SMILES string of the molecule is CC(C)(C)c1ccc(N=C(NC#N)N2CCC(F)(c3ncc([C@H](O)CO)cc3F)CC2)cc1.Cc1cc(NC(=O)N2CCC(F)(c3ncc([C@@H](O)CO)cc3F)CC2)ccc1C(F)(F)F.Cc1cc(NC(=O)N2CCC(F)(c3ncc([C@H](O)CO)cc3Cl)CC2)ccc1C(F)(F)F.O=C(Nc1ccc(C(F)(F)F)cc1)N1CCC(F)(c2ncc([C@H](O)CO)cc2F)CC1. The molecule has 12 rings (SSSR count). The van der Waals surface area contributed by atoms with E-state index in [0.29, 0.717) is 11.6 Å². The molecule has 0 bridgehead atoms. The Bertz CT molecular complexity index is 5080. The summed E-state index contributed by atoms with van der Waals surface area (Å²) in [6, 6.07) is 20.5. The fourth-order valence-electron chi connectivity index (χ4n) is 14.3. The van der Waals surface area contributed by atoms with Crippen LogP contribution in [0.2, 0.25) is 5.02 Å². The molecular formula is C86H93ClF16N14O11. The number of guanidine groups is 1. The summed E-state index contributed by atoms with van der Waals surface area (Å²) in [5.41, 5.74) is -9.12. The van der Waals surface area contributed by atoms with Gasteiger partial charge in [0.2, 0.25) is 5.96 Å². The first-order chi connectivity index (χ1) is 60.0. The monoisotopic (exact) mass is 1840 g/mol. The molecular weight excluding hydrogens is 1740 g/mol. The first-order valence-electron chi connectivity index (χ1n) is 39.8. The summed E-state index contributed by atoms with van der Waals surface area (Å²) in [7, 11) is 0. The quantitative estimate of drug-likeness (QED) is 0.0141. The highest BCUT2D eigenvalue weighted by Crippen LogP contribution is 2.45. The summed E-state index contributed by atoms with van der Waals surface area (Å²) < 4.78 is 220. The van der Waals surface area contributed by atoms with Gasteiger partial charge in [-0.2, -0.15) is 44.8 Å². The Kier molecular flexibility index (Phi) is 33.0. The van der Waals surface area contributed by atoms with Crippen LogP contribution in [0.25, 0.3) is 0 Å². The summed E-state index contributed by atoms with van der Waals surface area (Å²) >= 11 is 6.15. The third-order valence-electron chi connectivity index (χ3n) is 21.9. The standard InChI is InChI=1S/C24H29F2N5O2.C21H22ClF4N3O3.C21H22F5N3O3.C20H20F5N3O3/c1-23(2,3)17-4-6-18(7-5-17)30-22(29-15-27)31-10-8-24(26,9-11-31)21-19(25)12-16(13-28-21)20(33)14-32;2*1-12-8-14(2-3-15(12)21(24,25)26)28-19(32)29-6-4-20(23,5-7-29)18-16(22)9-13(10-27-18)17(31)11-30;21-15-9-12(16(30)11-29)10-26-17(15)19(22)5-7-28(8-6-19)18(31)27-14-3-1-13(2-4-14)20(23,24)25/h4-7,12-13,20,32-33H,8-11,14H2,1-3H3,(H,29,30);2*2-3,8-10,17,30-31H,4-7,11H2,1H3,(H,28,32);1-4,9-10,16,29-30H,5-8,11H2,(H,27,31)/t20-;2*17-;16-/m1101/s1. The lowest BCUT2D eigenvalue weighted by Crippen LogP contribution is -2.47. The second-order valence-electron chi connectivity index (χ2n) is 31.9. The Morgan fingerprint density at radius 2 is 0.727 bits per heavy atom. The number of aliphatic imine (C=N–C) groups is 1. The largest absolute Gasteiger partial charge is 0.416 e. The number of piperidine rings is 4. The highest BCUT2D eigenvalue weighted by Gasteiger charge is 2.46. The highest BCUT2D eigenvalue weighted by molar-refractivity contribution is 6.31. The van der Waals surface area contributed by atoms with Crippen LogP contribution in [0, 0.1) is 42.8 Å². The number of carbonyl (C=O) groups excluding carboxylic acids is 3. The minimum absolute atomic E-state index is 0.00496. The molecule has 6 amide bonds. The molecule has 4 fully saturated rings. The third-order valence-corrected chi connectivity index (χ3v) is 22.2. The van der Waals surface area contributed by atoms with Gasteiger partial charge < -0.3 is 76.4 Å². The van der Waals surface area contributed by atoms with E-state index in [2.05, 4.69) is 67.0 Å². The van der Waals surface area contributed by atoms with E-state index in [9.17, 15) is 87.5 Å². The average molecular weight is 1840 g/mol. The van der Waals surface area contributed by atoms with E-state index >= 15 is 17.6 Å². The van der Waals surface area contributed by atoms with Crippen LogP contribution in [0.5, 0.6) is 0 Å². The topological polar surface area (TPSA) is 362 Å². The van der Waals surface area contributed by atoms with E-state index in [1.54, 1.807) is 4.90 Å². The number of nitrogens with one attached hydrogen (secondary N) is 4. The van der Waals surface area contributed by atoms with Crippen LogP contribution in [-0.2, 0) is 46.6 Å². The van der Waals surface area contributed by atoms with Crippen LogP contribution in [-0.4, -0.2) is 183 Å². The Labute approximate surface area is 728 Å². The number of alkyl halides is 13. The van der Waals surface area contributed by atoms with E-state index in [1.165, 1.54) is 65.2 Å². The molecule has 8 heterocycles. The number of hydrogen-bond donors (Lipinski definition) is 12. The maximum absolute atomic E-state index is 15.6. The maximum atomic E-state index is 15.6. The number of amides is 6. The van der Waals surface area contributed by atoms with Crippen LogP contribution in [0.15, 0.2) is 139 Å². The molecule has 128 heavy (non-hydrogen) atoms. The Hall–Kier alpha value is -11.1. The van der Waals surface area contributed by atoms with Crippen LogP contribution in [0.3, 0.4) is 0 Å². The number of nitriles is 1. The predicted molar refractivity (Wildman–Crippen MR) is 436 cm³/mol. The molecule has 25 nitrogen and oxygen atoms in total. The number of anilines is 3. The van der Waals surface area contributed by atoms with Crippen molar-refractivity contribution < 1.29 is 125 Å². The summed E-state index contributed by atoms with van der Waals surface area (Å²) in [6.45, 7) is 6.78. The lowest BCUT2D eigenvalue weighted by molar-refractivity contribution is -0.138. The number of aromatic nitrogens is 4. The highest BCUT2D eigenvalue weighted by atomic mass is 35.5. The lowest BCUT2D eigenvalue weighted by atomic mass is 9.87. The van der Waals surface area contributed by atoms with Gasteiger partial charge in [-0.15, -0.1) is 0 Å². The van der Waals surface area contributed by atoms with Crippen molar-refractivity contribution in [3.8, 4) is 6.19 Å². The maximum Gasteiger partial charge on any atom is 0.416 e. The summed E-state index contributed by atoms with van der Waals surface area (Å²) in [6.07, 6.45) is -13.3. The van der Waals surface area contributed by atoms with Crippen molar-refractivity contribution in [3.63, 3.8) is 0 Å². The third kappa shape index (κ3) is 25.5. The molecule has 4 aliphatic rings. The molecule has 0 saturated carbocycles. The number of aliphatic hydroxyl groups excluding tert-OH is 8. The van der Waals surface area contributed by atoms with Crippen molar-refractivity contribution >= 4 is 58.4 Å². The van der Waals surface area contributed by atoms with Gasteiger partial charge in [-0.05, 0) is 133 Å². The van der Waals surface area contributed by atoms with Crippen LogP contribution in [0.1, 0.15) is 175 Å². The zero-order valence-electron chi connectivity index (χ0n) is 69.4. The molecule has 0 spiro atoms. The molecule has 0 aliphatic carbocycles. The first kappa shape index (κ1) is 101. The number of nitrogens with zero attached hydrogens (tertiary/aromatic N) is 10. The molecule has 8 aromatic rings. The molecule has 0 unspecified atom stereocenters. The minimum Gasteiger partial charge on any atom is -0.393 e. The molecule has 4 atom stereocenters. The summed E-state index contributed by atoms with van der Waals surface area (Å²) in [5.74, 6) is -2.48. The van der Waals surface area contributed by atoms with E-state index in [0.717, 1.165) is 78.6 Å². The number of carbonyl (C=O) groups is 3. The lowest BCUT2D eigenvalue weighted by Gasteiger charge is -2.37. The molecule has 0 radical (unpaired) electrons. The molecule has 4 aromatic carbocycles. The Morgan fingerprint density at radius 1 is 0.438 bits per heavy atom. The molecule has 4 aliphatic heterocycles. The van der Waals surface area contributed by atoms with Gasteiger partial charge in [0.05, 0.1) is 59.5 Å². The van der Waals surface area contributed by atoms with Gasteiger partial charge in [-0.1, -0.05) is 44.5 Å². The van der Waals surface area contributed by atoms with Crippen LogP contribution in [0.4, 0.5) is 107 Å². The van der Waals surface area contributed by atoms with E-state index in [-0.39, 0.29) is 176 Å². The zero-order chi connectivity index (χ0) is 94.4. The van der Waals surface area contributed by atoms with Crippen LogP contribution < -0.4 is 21.3 Å². The number of hydrogen-bond acceptors (Lipinski definition) is 17. The van der Waals surface area contributed by atoms with E-state index < -0.39 is 156 Å². The van der Waals surface area contributed by atoms with Gasteiger partial charge in [0.25, 0.3) is 0 Å². The Balaban J connectivity index is 0.000000193. The van der Waals surface area contributed by atoms with Crippen LogP contribution >= 0.6 is 11.6 Å². The number of rotatable bonds is 16. The number of aliphatic hydroxyl groups is 8. The summed E-state index contributed by atoms with van der Waals surface area (Å²) in [4.78, 5) is 63.0. The molecule has 4 saturated heterocycles. The molecule has 42 heteroatoms. The van der Waals surface area contributed by atoms with Crippen molar-refractivity contribution in [1.29, 1.82) is 5.26 Å². The van der Waals surface area contributed by atoms with Gasteiger partial charge in [-0.25, -0.2) is 50.1 Å². The number of halogens is 17. The van der Waals surface area contributed by atoms with Crippen molar-refractivity contribution in [1.82, 2.24) is 44.9 Å². The van der Waals surface area contributed by atoms with Gasteiger partial charge in [0.1, 0.15) is 58.9 Å². The van der Waals surface area contributed by atoms with Gasteiger partial charge in [0, 0.05) is 168 Å². The fraction of sp³-hybridized carbons (Fsp3) is 0.430. The van der Waals surface area contributed by atoms with Crippen molar-refractivity contribution in [3.05, 3.63) is 235 Å². The van der Waals surface area contributed by atoms with E-state index in [4.69, 9.17) is 37.3 Å². The number of pyridine rings is 4. The molecule has 12 N–H and O–H groups in total. The Morgan fingerprint density at radius 3 is 1.01 bits per heavy atom. The number of urea groups is 3. The van der Waals surface area contributed by atoms with Crippen molar-refractivity contribution in [2.24, 2.45) is 4.99 Å². The van der Waals surface area contributed by atoms with Gasteiger partial charge in [0.15, 0.2) is 28.9 Å². The van der Waals surface area contributed by atoms with Gasteiger partial charge in [-0.3, -0.25) is 25.3 Å². The number of aryl methyl sites for hydroxylation is 2. The zero-order valence-corrected chi connectivity index (χ0v) is 70.1. The number of benzene rings is 4. The predicted octanol–water partition coefficient (Wildman–Crippen LogP) is 16.0. The van der Waals surface area contributed by atoms with E-state index in [1.807, 2.05) is 30.5 Å². The van der Waals surface area contributed by atoms with Crippen molar-refractivity contribution in [2.75, 3.05) is 94.7 Å². The van der Waals surface area contributed by atoms with Gasteiger partial charge >= 0.3 is 36.6 Å². The minimum atomic E-state index is -4.50.